The third-order valence-electron chi connectivity index (χ3n) is 3.43. The van der Waals surface area contributed by atoms with Crippen LogP contribution in [0.1, 0.15) is 18.1 Å². The maximum absolute atomic E-state index is 11.6. The Morgan fingerprint density at radius 3 is 2.67 bits per heavy atom. The van der Waals surface area contributed by atoms with Gasteiger partial charge in [-0.25, -0.2) is 0 Å². The molecular weight excluding hydrogens is 262 g/mol. The van der Waals surface area contributed by atoms with E-state index in [9.17, 15) is 4.79 Å². The lowest BCUT2D eigenvalue weighted by Gasteiger charge is -2.12. The predicted molar refractivity (Wildman–Crippen MR) is 84.9 cm³/mol. The van der Waals surface area contributed by atoms with Crippen LogP contribution in [0.4, 0.5) is 0 Å². The molecule has 0 aliphatic heterocycles. The van der Waals surface area contributed by atoms with Crippen molar-refractivity contribution in [2.45, 2.75) is 26.3 Å². The third kappa shape index (κ3) is 3.92. The molecule has 0 bridgehead atoms. The second-order valence-electron chi connectivity index (χ2n) is 5.08. The van der Waals surface area contributed by atoms with E-state index in [2.05, 4.69) is 31.2 Å². The second-order valence-corrected chi connectivity index (χ2v) is 5.08. The molecule has 0 spiro atoms. The molecule has 2 rings (SSSR count). The van der Waals surface area contributed by atoms with Crippen LogP contribution in [0.3, 0.4) is 0 Å². The number of ether oxygens (including phenoxy) is 1. The number of benzene rings is 2. The first-order valence-electron chi connectivity index (χ1n) is 7.19. The Kier molecular flexibility index (Phi) is 5.12. The molecule has 110 valence electrons. The standard InChI is InChI=1S/C18H21NO2/c1-3-21-18(20)17(19)12-14-8-6-9-15(11-14)16-10-5-4-7-13(16)2/h4-11,17H,3,12,19H2,1-2H3. The minimum absolute atomic E-state index is 0.348. The zero-order valence-corrected chi connectivity index (χ0v) is 12.5. The number of carbonyl (C=O) groups is 1. The zero-order chi connectivity index (χ0) is 15.2. The molecule has 1 unspecified atom stereocenters. The second kappa shape index (κ2) is 7.04. The van der Waals surface area contributed by atoms with E-state index in [0.717, 1.165) is 11.1 Å². The summed E-state index contributed by atoms with van der Waals surface area (Å²) in [5.41, 5.74) is 10.5. The van der Waals surface area contributed by atoms with E-state index in [4.69, 9.17) is 10.5 Å². The van der Waals surface area contributed by atoms with E-state index in [1.165, 1.54) is 11.1 Å². The van der Waals surface area contributed by atoms with Gasteiger partial charge in [-0.1, -0.05) is 48.5 Å². The molecule has 2 N–H and O–H groups in total. The molecule has 2 aromatic rings. The Morgan fingerprint density at radius 2 is 1.95 bits per heavy atom. The molecule has 3 heteroatoms. The number of hydrogen-bond donors (Lipinski definition) is 1. The fourth-order valence-corrected chi connectivity index (χ4v) is 2.35. The van der Waals surface area contributed by atoms with E-state index in [1.54, 1.807) is 6.92 Å². The molecule has 0 aromatic heterocycles. The third-order valence-corrected chi connectivity index (χ3v) is 3.43. The van der Waals surface area contributed by atoms with Gasteiger partial charge >= 0.3 is 5.97 Å². The summed E-state index contributed by atoms with van der Waals surface area (Å²) in [6, 6.07) is 15.8. The minimum atomic E-state index is -0.614. The fraction of sp³-hybridized carbons (Fsp3) is 0.278. The van der Waals surface area contributed by atoms with Crippen molar-refractivity contribution in [2.24, 2.45) is 5.73 Å². The number of carbonyl (C=O) groups excluding carboxylic acids is 1. The van der Waals surface area contributed by atoms with Gasteiger partial charge in [0.2, 0.25) is 0 Å². The molecule has 0 aliphatic carbocycles. The van der Waals surface area contributed by atoms with Crippen LogP contribution < -0.4 is 5.73 Å². The van der Waals surface area contributed by atoms with Crippen LogP contribution in [0.5, 0.6) is 0 Å². The van der Waals surface area contributed by atoms with E-state index >= 15 is 0 Å². The van der Waals surface area contributed by atoms with Gasteiger partial charge in [0.25, 0.3) is 0 Å². The average Bonchev–Trinajstić information content (AvgIpc) is 2.48. The van der Waals surface area contributed by atoms with Crippen molar-refractivity contribution in [3.63, 3.8) is 0 Å². The highest BCUT2D eigenvalue weighted by Gasteiger charge is 2.15. The molecule has 2 aromatic carbocycles. The lowest BCUT2D eigenvalue weighted by Crippen LogP contribution is -2.34. The number of nitrogens with two attached hydrogens (primary N) is 1. The Morgan fingerprint density at radius 1 is 1.19 bits per heavy atom. The van der Waals surface area contributed by atoms with E-state index < -0.39 is 6.04 Å². The molecule has 0 saturated carbocycles. The number of rotatable bonds is 5. The van der Waals surface area contributed by atoms with Crippen LogP contribution in [0.2, 0.25) is 0 Å². The van der Waals surface area contributed by atoms with Crippen LogP contribution in [0.15, 0.2) is 48.5 Å². The van der Waals surface area contributed by atoms with E-state index in [1.807, 2.05) is 24.3 Å². The Bertz CT molecular complexity index is 622. The highest BCUT2D eigenvalue weighted by atomic mass is 16.5. The number of esters is 1. The molecule has 0 aliphatic rings. The highest BCUT2D eigenvalue weighted by molar-refractivity contribution is 5.76. The van der Waals surface area contributed by atoms with Gasteiger partial charge in [0.05, 0.1) is 6.61 Å². The summed E-state index contributed by atoms with van der Waals surface area (Å²) in [7, 11) is 0. The van der Waals surface area contributed by atoms with Gasteiger partial charge in [-0.05, 0) is 42.5 Å². The van der Waals surface area contributed by atoms with Crippen LogP contribution in [0, 0.1) is 6.92 Å². The van der Waals surface area contributed by atoms with Crippen LogP contribution in [-0.4, -0.2) is 18.6 Å². The van der Waals surface area contributed by atoms with Crippen molar-refractivity contribution in [1.29, 1.82) is 0 Å². The summed E-state index contributed by atoms with van der Waals surface area (Å²) < 4.78 is 4.95. The summed E-state index contributed by atoms with van der Waals surface area (Å²) in [6.45, 7) is 4.23. The van der Waals surface area contributed by atoms with Crippen molar-refractivity contribution >= 4 is 5.97 Å². The zero-order valence-electron chi connectivity index (χ0n) is 12.5. The van der Waals surface area contributed by atoms with Crippen molar-refractivity contribution < 1.29 is 9.53 Å². The summed E-state index contributed by atoms with van der Waals surface area (Å²) in [4.78, 5) is 11.6. The first kappa shape index (κ1) is 15.3. The number of hydrogen-bond acceptors (Lipinski definition) is 3. The van der Waals surface area contributed by atoms with Crippen molar-refractivity contribution in [2.75, 3.05) is 6.61 Å². The molecule has 21 heavy (non-hydrogen) atoms. The largest absolute Gasteiger partial charge is 0.465 e. The predicted octanol–water partition coefficient (Wildman–Crippen LogP) is 3.09. The average molecular weight is 283 g/mol. The smallest absolute Gasteiger partial charge is 0.323 e. The monoisotopic (exact) mass is 283 g/mol. The first-order valence-corrected chi connectivity index (χ1v) is 7.19. The minimum Gasteiger partial charge on any atom is -0.465 e. The van der Waals surface area contributed by atoms with Gasteiger partial charge in [0, 0.05) is 0 Å². The van der Waals surface area contributed by atoms with Crippen LogP contribution in [-0.2, 0) is 16.0 Å². The molecular formula is C18H21NO2. The summed E-state index contributed by atoms with van der Waals surface area (Å²) in [5, 5.41) is 0. The van der Waals surface area contributed by atoms with Crippen molar-refractivity contribution in [3.05, 3.63) is 59.7 Å². The first-order chi connectivity index (χ1) is 10.1. The van der Waals surface area contributed by atoms with Crippen molar-refractivity contribution in [1.82, 2.24) is 0 Å². The Balaban J connectivity index is 2.19. The molecule has 0 radical (unpaired) electrons. The normalized spacial score (nSPS) is 12.0. The molecule has 0 saturated heterocycles. The molecule has 0 amide bonds. The maximum atomic E-state index is 11.6. The summed E-state index contributed by atoms with van der Waals surface area (Å²) >= 11 is 0. The topological polar surface area (TPSA) is 52.3 Å². The van der Waals surface area contributed by atoms with Gasteiger partial charge in [-0.3, -0.25) is 4.79 Å². The van der Waals surface area contributed by atoms with Gasteiger partial charge in [0.15, 0.2) is 0 Å². The van der Waals surface area contributed by atoms with E-state index in [0.29, 0.717) is 13.0 Å². The quantitative estimate of drug-likeness (QED) is 0.858. The molecule has 0 heterocycles. The summed E-state index contributed by atoms with van der Waals surface area (Å²) in [6.07, 6.45) is 0.485. The van der Waals surface area contributed by atoms with Gasteiger partial charge < -0.3 is 10.5 Å². The lowest BCUT2D eigenvalue weighted by molar-refractivity contribution is -0.144. The molecule has 1 atom stereocenters. The van der Waals surface area contributed by atoms with Crippen LogP contribution in [0.25, 0.3) is 11.1 Å². The van der Waals surface area contributed by atoms with Gasteiger partial charge in [-0.2, -0.15) is 0 Å². The molecule has 0 fully saturated rings. The van der Waals surface area contributed by atoms with Gasteiger partial charge in [-0.15, -0.1) is 0 Å². The maximum Gasteiger partial charge on any atom is 0.323 e. The van der Waals surface area contributed by atoms with Gasteiger partial charge in [0.1, 0.15) is 6.04 Å². The SMILES string of the molecule is CCOC(=O)C(N)Cc1cccc(-c2ccccc2C)c1. The van der Waals surface area contributed by atoms with Crippen molar-refractivity contribution in [3.8, 4) is 11.1 Å². The lowest BCUT2D eigenvalue weighted by atomic mass is 9.97. The fourth-order valence-electron chi connectivity index (χ4n) is 2.35. The molecule has 3 nitrogen and oxygen atoms in total. The Labute approximate surface area is 125 Å². The summed E-state index contributed by atoms with van der Waals surface area (Å²) in [5.74, 6) is -0.348. The number of aryl methyl sites for hydroxylation is 1. The van der Waals surface area contributed by atoms with Crippen LogP contribution >= 0.6 is 0 Å². The van der Waals surface area contributed by atoms with E-state index in [-0.39, 0.29) is 5.97 Å². The highest BCUT2D eigenvalue weighted by Crippen LogP contribution is 2.24. The Hall–Kier alpha value is -2.13.